The summed E-state index contributed by atoms with van der Waals surface area (Å²) in [5.74, 6) is 0. The van der Waals surface area contributed by atoms with Gasteiger partial charge >= 0.3 is 0 Å². The lowest BCUT2D eigenvalue weighted by atomic mass is 10.1. The van der Waals surface area contributed by atoms with Crippen molar-refractivity contribution in [2.75, 3.05) is 0 Å². The van der Waals surface area contributed by atoms with E-state index in [0.29, 0.717) is 12.1 Å². The van der Waals surface area contributed by atoms with Gasteiger partial charge in [0, 0.05) is 36.6 Å². The highest BCUT2D eigenvalue weighted by Crippen LogP contribution is 2.20. The fraction of sp³-hybridized carbons (Fsp3) is 0.167. The van der Waals surface area contributed by atoms with E-state index in [1.54, 1.807) is 23.0 Å². The van der Waals surface area contributed by atoms with E-state index in [2.05, 4.69) is 10.4 Å². The molecule has 0 spiro atoms. The second-order valence-electron chi connectivity index (χ2n) is 5.53. The van der Waals surface area contributed by atoms with Gasteiger partial charge in [-0.15, -0.1) is 0 Å². The lowest BCUT2D eigenvalue weighted by molar-refractivity contribution is -0.385. The number of aromatic nitrogens is 2. The molecule has 0 fully saturated rings. The molecule has 0 aliphatic carbocycles. The van der Waals surface area contributed by atoms with Crippen LogP contribution in [0.2, 0.25) is 0 Å². The van der Waals surface area contributed by atoms with Crippen molar-refractivity contribution in [1.29, 1.82) is 0 Å². The van der Waals surface area contributed by atoms with Crippen molar-refractivity contribution in [2.45, 2.75) is 19.5 Å². The van der Waals surface area contributed by atoms with Crippen molar-refractivity contribution in [1.82, 2.24) is 15.1 Å². The molecule has 0 saturated heterocycles. The summed E-state index contributed by atoms with van der Waals surface area (Å²) in [6.07, 6.45) is 3.63. The second kappa shape index (κ2) is 7.06. The first kappa shape index (κ1) is 15.9. The minimum absolute atomic E-state index is 0.0801. The zero-order valence-electron chi connectivity index (χ0n) is 13.3. The molecule has 1 N–H and O–H groups in total. The van der Waals surface area contributed by atoms with E-state index in [-0.39, 0.29) is 16.7 Å². The summed E-state index contributed by atoms with van der Waals surface area (Å²) in [5.41, 5.74) is 2.94. The summed E-state index contributed by atoms with van der Waals surface area (Å²) in [7, 11) is 0. The Morgan fingerprint density at radius 3 is 2.58 bits per heavy atom. The van der Waals surface area contributed by atoms with Gasteiger partial charge < -0.3 is 5.32 Å². The number of rotatable bonds is 6. The van der Waals surface area contributed by atoms with Crippen LogP contribution in [0.4, 0.5) is 5.69 Å². The van der Waals surface area contributed by atoms with Gasteiger partial charge in [0.2, 0.25) is 0 Å². The van der Waals surface area contributed by atoms with Crippen molar-refractivity contribution >= 4 is 5.69 Å². The molecule has 2 aromatic carbocycles. The Morgan fingerprint density at radius 1 is 1.17 bits per heavy atom. The van der Waals surface area contributed by atoms with E-state index in [0.717, 1.165) is 11.3 Å². The number of benzene rings is 2. The van der Waals surface area contributed by atoms with Crippen LogP contribution in [0.3, 0.4) is 0 Å². The third kappa shape index (κ3) is 3.49. The molecule has 6 heteroatoms. The fourth-order valence-corrected chi connectivity index (χ4v) is 2.56. The number of para-hydroxylation sites is 1. The predicted molar refractivity (Wildman–Crippen MR) is 91.9 cm³/mol. The molecule has 0 radical (unpaired) electrons. The van der Waals surface area contributed by atoms with E-state index in [9.17, 15) is 10.1 Å². The molecule has 0 amide bonds. The van der Waals surface area contributed by atoms with Crippen molar-refractivity contribution in [3.05, 3.63) is 88.2 Å². The smallest absolute Gasteiger partial charge is 0.273 e. The molecule has 0 aliphatic heterocycles. The summed E-state index contributed by atoms with van der Waals surface area (Å²) >= 11 is 0. The Hall–Kier alpha value is -2.99. The molecule has 3 aromatic rings. The minimum atomic E-state index is -0.347. The zero-order chi connectivity index (χ0) is 16.9. The quantitative estimate of drug-likeness (QED) is 0.555. The molecule has 0 bridgehead atoms. The highest BCUT2D eigenvalue weighted by Gasteiger charge is 2.13. The van der Waals surface area contributed by atoms with Crippen LogP contribution in [0.15, 0.2) is 67.0 Å². The summed E-state index contributed by atoms with van der Waals surface area (Å²) in [6, 6.07) is 16.8. The zero-order valence-corrected chi connectivity index (χ0v) is 13.3. The lowest BCUT2D eigenvalue weighted by Crippen LogP contribution is -2.18. The van der Waals surface area contributed by atoms with Crippen molar-refractivity contribution in [3.8, 4) is 5.69 Å². The number of nitrogens with zero attached hydrogens (tertiary/aromatic N) is 3. The highest BCUT2D eigenvalue weighted by atomic mass is 16.6. The van der Waals surface area contributed by atoms with Crippen LogP contribution in [0.1, 0.15) is 24.1 Å². The molecule has 24 heavy (non-hydrogen) atoms. The normalized spacial score (nSPS) is 12.0. The third-order valence-corrected chi connectivity index (χ3v) is 3.95. The Bertz CT molecular complexity index is 813. The van der Waals surface area contributed by atoms with Gasteiger partial charge in [-0.1, -0.05) is 30.3 Å². The maximum atomic E-state index is 11.1. The number of hydrogen-bond donors (Lipinski definition) is 1. The van der Waals surface area contributed by atoms with Crippen molar-refractivity contribution in [3.63, 3.8) is 0 Å². The largest absolute Gasteiger partial charge is 0.306 e. The van der Waals surface area contributed by atoms with Crippen LogP contribution >= 0.6 is 0 Å². The Balaban J connectivity index is 1.67. The van der Waals surface area contributed by atoms with E-state index in [1.807, 2.05) is 49.5 Å². The summed E-state index contributed by atoms with van der Waals surface area (Å²) < 4.78 is 1.80. The van der Waals surface area contributed by atoms with Crippen LogP contribution in [-0.4, -0.2) is 14.7 Å². The Kier molecular flexibility index (Phi) is 4.67. The first-order valence-electron chi connectivity index (χ1n) is 7.71. The van der Waals surface area contributed by atoms with Gasteiger partial charge in [-0.05, 0) is 30.7 Å². The predicted octanol–water partition coefficient (Wildman–Crippen LogP) is 3.63. The summed E-state index contributed by atoms with van der Waals surface area (Å²) in [4.78, 5) is 10.7. The summed E-state index contributed by atoms with van der Waals surface area (Å²) in [6.45, 7) is 2.48. The molecular formula is C18H18N4O2. The molecule has 0 saturated carbocycles. The lowest BCUT2D eigenvalue weighted by Gasteiger charge is -2.15. The average molecular weight is 322 g/mol. The van der Waals surface area contributed by atoms with Gasteiger partial charge in [0.05, 0.1) is 10.6 Å². The Morgan fingerprint density at radius 2 is 1.92 bits per heavy atom. The van der Waals surface area contributed by atoms with Crippen LogP contribution in [0.25, 0.3) is 5.69 Å². The van der Waals surface area contributed by atoms with Crippen molar-refractivity contribution < 1.29 is 4.92 Å². The SMILES string of the molecule is C[C@@H](NCc1ccccc1[N+](=O)[O-])c1ccc(-n2cccn2)cc1. The van der Waals surface area contributed by atoms with Crippen LogP contribution in [-0.2, 0) is 6.54 Å². The monoisotopic (exact) mass is 322 g/mol. The molecule has 6 nitrogen and oxygen atoms in total. The molecule has 122 valence electrons. The average Bonchev–Trinajstić information content (AvgIpc) is 3.14. The van der Waals surface area contributed by atoms with Gasteiger partial charge in [-0.2, -0.15) is 5.10 Å². The van der Waals surface area contributed by atoms with Gasteiger partial charge in [-0.3, -0.25) is 10.1 Å². The standard InChI is InChI=1S/C18H18N4O2/c1-14(19-13-16-5-2-3-6-18(16)22(23)24)15-7-9-17(10-8-15)21-12-4-11-20-21/h2-12,14,19H,13H2,1H3/t14-/m1/s1. The Labute approximate surface area is 139 Å². The van der Waals surface area contributed by atoms with E-state index >= 15 is 0 Å². The summed E-state index contributed by atoms with van der Waals surface area (Å²) in [5, 5.41) is 18.6. The van der Waals surface area contributed by atoms with E-state index < -0.39 is 0 Å². The van der Waals surface area contributed by atoms with Gasteiger partial charge in [0.15, 0.2) is 0 Å². The number of nitrogens with one attached hydrogen (secondary N) is 1. The first-order valence-corrected chi connectivity index (χ1v) is 7.71. The molecule has 3 rings (SSSR count). The third-order valence-electron chi connectivity index (χ3n) is 3.95. The maximum absolute atomic E-state index is 11.1. The maximum Gasteiger partial charge on any atom is 0.273 e. The fourth-order valence-electron chi connectivity index (χ4n) is 2.56. The highest BCUT2D eigenvalue weighted by molar-refractivity contribution is 5.40. The van der Waals surface area contributed by atoms with Crippen molar-refractivity contribution in [2.24, 2.45) is 0 Å². The van der Waals surface area contributed by atoms with E-state index in [4.69, 9.17) is 0 Å². The van der Waals surface area contributed by atoms with Gasteiger partial charge in [0.1, 0.15) is 0 Å². The second-order valence-corrected chi connectivity index (χ2v) is 5.53. The molecule has 1 atom stereocenters. The molecule has 1 aromatic heterocycles. The molecule has 1 heterocycles. The first-order chi connectivity index (χ1) is 11.6. The topological polar surface area (TPSA) is 73.0 Å². The molecule has 0 aliphatic rings. The van der Waals surface area contributed by atoms with Crippen LogP contribution in [0.5, 0.6) is 0 Å². The van der Waals surface area contributed by atoms with Crippen LogP contribution in [0, 0.1) is 10.1 Å². The number of hydrogen-bond acceptors (Lipinski definition) is 4. The van der Waals surface area contributed by atoms with Crippen LogP contribution < -0.4 is 5.32 Å². The number of nitro benzene ring substituents is 1. The minimum Gasteiger partial charge on any atom is -0.306 e. The number of nitro groups is 1. The molecular weight excluding hydrogens is 304 g/mol. The van der Waals surface area contributed by atoms with Gasteiger partial charge in [-0.25, -0.2) is 4.68 Å². The van der Waals surface area contributed by atoms with E-state index in [1.165, 1.54) is 6.07 Å². The molecule has 0 unspecified atom stereocenters. The van der Waals surface area contributed by atoms with Gasteiger partial charge in [0.25, 0.3) is 5.69 Å².